The Kier molecular flexibility index (Phi) is 2.17. The summed E-state index contributed by atoms with van der Waals surface area (Å²) in [6.45, 7) is 2.08. The number of hydrogen-bond donors (Lipinski definition) is 0. The Balaban J connectivity index is 3.01. The summed E-state index contributed by atoms with van der Waals surface area (Å²) in [6, 6.07) is 8.21. The van der Waals surface area contributed by atoms with E-state index in [1.54, 1.807) is 0 Å². The van der Waals surface area contributed by atoms with Crippen molar-refractivity contribution in [2.24, 2.45) is 0 Å². The average molecular weight is 137 g/mol. The van der Waals surface area contributed by atoms with E-state index < -0.39 is 0 Å². The minimum Gasteiger partial charge on any atom is -0.788 e. The van der Waals surface area contributed by atoms with Gasteiger partial charge in [0.1, 0.15) is 0 Å². The molecule has 0 spiro atoms. The summed E-state index contributed by atoms with van der Waals surface area (Å²) >= 11 is 4.91. The molecule has 0 bridgehead atoms. The molecule has 1 rings (SSSR count). The van der Waals surface area contributed by atoms with Crippen molar-refractivity contribution < 1.29 is 0 Å². The highest BCUT2D eigenvalue weighted by Crippen LogP contribution is 2.05. The van der Waals surface area contributed by atoms with Gasteiger partial charge in [-0.25, -0.2) is 0 Å². The first-order valence-corrected chi connectivity index (χ1v) is 3.55. The van der Waals surface area contributed by atoms with Crippen molar-refractivity contribution in [3.63, 3.8) is 0 Å². The third-order valence-corrected chi connectivity index (χ3v) is 1.73. The fourth-order valence-electron chi connectivity index (χ4n) is 0.772. The SMILES string of the molecule is Cc1ccccc1C[S-]. The average Bonchev–Trinajstić information content (AvgIpc) is 1.89. The molecule has 0 saturated carbocycles. The molecule has 0 nitrogen and oxygen atoms in total. The topological polar surface area (TPSA) is 0 Å². The minimum absolute atomic E-state index is 0.729. The Morgan fingerprint density at radius 1 is 1.33 bits per heavy atom. The van der Waals surface area contributed by atoms with Gasteiger partial charge in [0.25, 0.3) is 0 Å². The summed E-state index contributed by atoms with van der Waals surface area (Å²) in [5, 5.41) is 0. The zero-order chi connectivity index (χ0) is 6.69. The van der Waals surface area contributed by atoms with Crippen LogP contribution in [0.1, 0.15) is 11.1 Å². The highest BCUT2D eigenvalue weighted by Gasteiger charge is 1.85. The first-order chi connectivity index (χ1) is 4.34. The predicted molar refractivity (Wildman–Crippen MR) is 42.2 cm³/mol. The van der Waals surface area contributed by atoms with E-state index >= 15 is 0 Å². The number of benzene rings is 1. The quantitative estimate of drug-likeness (QED) is 0.534. The third kappa shape index (κ3) is 1.49. The van der Waals surface area contributed by atoms with Crippen LogP contribution >= 0.6 is 0 Å². The molecule has 1 aromatic carbocycles. The lowest BCUT2D eigenvalue weighted by atomic mass is 10.1. The molecular weight excluding hydrogens is 128 g/mol. The standard InChI is InChI=1S/C8H10S/c1-7-4-2-3-5-8(7)6-9/h2-5,9H,6H2,1H3/p-1. The molecule has 0 saturated heterocycles. The van der Waals surface area contributed by atoms with Crippen molar-refractivity contribution in [3.05, 3.63) is 35.4 Å². The summed E-state index contributed by atoms with van der Waals surface area (Å²) in [5.41, 5.74) is 2.57. The van der Waals surface area contributed by atoms with Gasteiger partial charge in [0.2, 0.25) is 0 Å². The van der Waals surface area contributed by atoms with Crippen LogP contribution in [0.4, 0.5) is 0 Å². The van der Waals surface area contributed by atoms with Crippen LogP contribution in [0.5, 0.6) is 0 Å². The van der Waals surface area contributed by atoms with Crippen molar-refractivity contribution in [1.82, 2.24) is 0 Å². The molecule has 0 aliphatic heterocycles. The van der Waals surface area contributed by atoms with Gasteiger partial charge in [-0.3, -0.25) is 0 Å². The van der Waals surface area contributed by atoms with E-state index in [0.717, 1.165) is 5.75 Å². The number of aryl methyl sites for hydroxylation is 1. The van der Waals surface area contributed by atoms with Crippen molar-refractivity contribution in [2.75, 3.05) is 0 Å². The molecule has 1 heteroatoms. The van der Waals surface area contributed by atoms with Crippen LogP contribution in [0.2, 0.25) is 0 Å². The van der Waals surface area contributed by atoms with Crippen molar-refractivity contribution in [3.8, 4) is 0 Å². The van der Waals surface area contributed by atoms with Gasteiger partial charge in [-0.2, -0.15) is 5.75 Å². The highest BCUT2D eigenvalue weighted by molar-refractivity contribution is 7.57. The van der Waals surface area contributed by atoms with Crippen LogP contribution in [-0.2, 0) is 18.4 Å². The van der Waals surface area contributed by atoms with E-state index in [1.807, 2.05) is 12.1 Å². The van der Waals surface area contributed by atoms with Gasteiger partial charge in [-0.1, -0.05) is 29.8 Å². The maximum atomic E-state index is 4.91. The Hall–Kier alpha value is -0.430. The minimum atomic E-state index is 0.729. The predicted octanol–water partition coefficient (Wildman–Crippen LogP) is 2.04. The highest BCUT2D eigenvalue weighted by atomic mass is 32.1. The zero-order valence-electron chi connectivity index (χ0n) is 5.42. The largest absolute Gasteiger partial charge is 0.788 e. The summed E-state index contributed by atoms with van der Waals surface area (Å²) < 4.78 is 0. The molecule has 0 atom stereocenters. The van der Waals surface area contributed by atoms with Gasteiger partial charge in [0.05, 0.1) is 0 Å². The van der Waals surface area contributed by atoms with Gasteiger partial charge in [0, 0.05) is 0 Å². The van der Waals surface area contributed by atoms with Crippen LogP contribution in [0.15, 0.2) is 24.3 Å². The second kappa shape index (κ2) is 2.92. The number of rotatable bonds is 1. The normalized spacial score (nSPS) is 9.56. The van der Waals surface area contributed by atoms with E-state index in [0.29, 0.717) is 0 Å². The molecule has 0 unspecified atom stereocenters. The van der Waals surface area contributed by atoms with E-state index in [-0.39, 0.29) is 0 Å². The maximum absolute atomic E-state index is 4.91. The summed E-state index contributed by atoms with van der Waals surface area (Å²) in [4.78, 5) is 0. The summed E-state index contributed by atoms with van der Waals surface area (Å²) in [5.74, 6) is 0.729. The van der Waals surface area contributed by atoms with Gasteiger partial charge < -0.3 is 12.6 Å². The third-order valence-electron chi connectivity index (χ3n) is 1.42. The lowest BCUT2D eigenvalue weighted by Gasteiger charge is -2.06. The van der Waals surface area contributed by atoms with E-state index in [4.69, 9.17) is 12.6 Å². The van der Waals surface area contributed by atoms with E-state index in [9.17, 15) is 0 Å². The molecule has 9 heavy (non-hydrogen) atoms. The Morgan fingerprint density at radius 3 is 2.44 bits per heavy atom. The molecule has 0 aliphatic rings. The first-order valence-electron chi connectivity index (χ1n) is 2.97. The second-order valence-electron chi connectivity index (χ2n) is 2.07. The lowest BCUT2D eigenvalue weighted by molar-refractivity contribution is 1.31. The van der Waals surface area contributed by atoms with Crippen molar-refractivity contribution in [2.45, 2.75) is 12.7 Å². The first kappa shape index (κ1) is 6.69. The monoisotopic (exact) mass is 137 g/mol. The van der Waals surface area contributed by atoms with E-state index in [2.05, 4.69) is 19.1 Å². The lowest BCUT2D eigenvalue weighted by Crippen LogP contribution is -1.83. The molecule has 0 heterocycles. The molecule has 1 aromatic rings. The zero-order valence-corrected chi connectivity index (χ0v) is 6.24. The van der Waals surface area contributed by atoms with E-state index in [1.165, 1.54) is 11.1 Å². The van der Waals surface area contributed by atoms with Crippen molar-refractivity contribution >= 4 is 12.6 Å². The van der Waals surface area contributed by atoms with Crippen LogP contribution in [-0.4, -0.2) is 0 Å². The molecule has 0 amide bonds. The Labute approximate surface area is 61.3 Å². The Bertz CT molecular complexity index is 194. The van der Waals surface area contributed by atoms with Gasteiger partial charge in [-0.05, 0) is 12.5 Å². The Morgan fingerprint density at radius 2 is 2.00 bits per heavy atom. The molecular formula is C8H9S-. The molecule has 0 radical (unpaired) electrons. The molecule has 48 valence electrons. The van der Waals surface area contributed by atoms with Gasteiger partial charge in [0.15, 0.2) is 0 Å². The second-order valence-corrected chi connectivity index (χ2v) is 2.36. The molecule has 0 aliphatic carbocycles. The smallest absolute Gasteiger partial charge is 0.0396 e. The van der Waals surface area contributed by atoms with Crippen LogP contribution in [0, 0.1) is 6.92 Å². The maximum Gasteiger partial charge on any atom is -0.0396 e. The summed E-state index contributed by atoms with van der Waals surface area (Å²) in [6.07, 6.45) is 0. The van der Waals surface area contributed by atoms with Crippen molar-refractivity contribution in [1.29, 1.82) is 0 Å². The summed E-state index contributed by atoms with van der Waals surface area (Å²) in [7, 11) is 0. The fraction of sp³-hybridized carbons (Fsp3) is 0.250. The van der Waals surface area contributed by atoms with Crippen LogP contribution < -0.4 is 0 Å². The van der Waals surface area contributed by atoms with Crippen LogP contribution in [0.3, 0.4) is 0 Å². The molecule has 0 aromatic heterocycles. The molecule has 0 N–H and O–H groups in total. The fourth-order valence-corrected chi connectivity index (χ4v) is 1.10. The van der Waals surface area contributed by atoms with Crippen LogP contribution in [0.25, 0.3) is 0 Å². The number of hydrogen-bond acceptors (Lipinski definition) is 1. The van der Waals surface area contributed by atoms with Gasteiger partial charge >= 0.3 is 0 Å². The van der Waals surface area contributed by atoms with Gasteiger partial charge in [-0.15, -0.1) is 0 Å². The molecule has 0 fully saturated rings.